The van der Waals surface area contributed by atoms with Gasteiger partial charge in [0.1, 0.15) is 11.5 Å². The highest BCUT2D eigenvalue weighted by Gasteiger charge is 2.14. The molecule has 0 spiro atoms. The standard InChI is InChI=1S/C16H18N2O3/c1-2-5-17-8-12-6-14(10-18-9-12)21-13-3-4-15-16(7-13)20-11-19-15/h3-4,6-7,9-10,17H,2,5,8,11H2,1H3. The van der Waals surface area contributed by atoms with E-state index < -0.39 is 0 Å². The number of hydrogen-bond acceptors (Lipinski definition) is 5. The van der Waals surface area contributed by atoms with Crippen molar-refractivity contribution in [3.8, 4) is 23.0 Å². The van der Waals surface area contributed by atoms with Crippen molar-refractivity contribution in [2.45, 2.75) is 19.9 Å². The minimum Gasteiger partial charge on any atom is -0.456 e. The zero-order chi connectivity index (χ0) is 14.5. The summed E-state index contributed by atoms with van der Waals surface area (Å²) in [5, 5.41) is 3.34. The quantitative estimate of drug-likeness (QED) is 0.827. The zero-order valence-electron chi connectivity index (χ0n) is 12.0. The molecule has 0 saturated heterocycles. The summed E-state index contributed by atoms with van der Waals surface area (Å²) in [4.78, 5) is 4.21. The smallest absolute Gasteiger partial charge is 0.231 e. The molecule has 0 fully saturated rings. The number of nitrogens with zero attached hydrogens (tertiary/aromatic N) is 1. The second-order valence-electron chi connectivity index (χ2n) is 4.82. The van der Waals surface area contributed by atoms with Crippen molar-refractivity contribution < 1.29 is 14.2 Å². The maximum Gasteiger partial charge on any atom is 0.231 e. The van der Waals surface area contributed by atoms with Crippen LogP contribution in [0.1, 0.15) is 18.9 Å². The highest BCUT2D eigenvalue weighted by Crippen LogP contribution is 2.36. The van der Waals surface area contributed by atoms with Gasteiger partial charge in [0, 0.05) is 18.8 Å². The third-order valence-electron chi connectivity index (χ3n) is 3.11. The van der Waals surface area contributed by atoms with Crippen LogP contribution < -0.4 is 19.5 Å². The topological polar surface area (TPSA) is 52.6 Å². The van der Waals surface area contributed by atoms with E-state index in [9.17, 15) is 0 Å². The molecule has 110 valence electrons. The SMILES string of the molecule is CCCNCc1cncc(Oc2ccc3c(c2)OCO3)c1. The van der Waals surface area contributed by atoms with Gasteiger partial charge in [-0.3, -0.25) is 4.98 Å². The molecule has 1 aromatic carbocycles. The van der Waals surface area contributed by atoms with Gasteiger partial charge in [-0.1, -0.05) is 6.92 Å². The van der Waals surface area contributed by atoms with E-state index in [2.05, 4.69) is 17.2 Å². The first-order chi connectivity index (χ1) is 10.3. The molecule has 0 atom stereocenters. The average Bonchev–Trinajstić information content (AvgIpc) is 2.95. The van der Waals surface area contributed by atoms with Crippen LogP contribution >= 0.6 is 0 Å². The molecule has 1 aromatic heterocycles. The van der Waals surface area contributed by atoms with E-state index in [1.807, 2.05) is 30.5 Å². The Balaban J connectivity index is 1.68. The summed E-state index contributed by atoms with van der Waals surface area (Å²) < 4.78 is 16.4. The van der Waals surface area contributed by atoms with Crippen molar-refractivity contribution in [1.29, 1.82) is 0 Å². The highest BCUT2D eigenvalue weighted by molar-refractivity contribution is 5.48. The van der Waals surface area contributed by atoms with Gasteiger partial charge >= 0.3 is 0 Å². The Morgan fingerprint density at radius 2 is 2.05 bits per heavy atom. The Morgan fingerprint density at radius 3 is 2.95 bits per heavy atom. The number of nitrogens with one attached hydrogen (secondary N) is 1. The molecule has 1 aliphatic rings. The van der Waals surface area contributed by atoms with Crippen LogP contribution in [0, 0.1) is 0 Å². The molecule has 3 rings (SSSR count). The lowest BCUT2D eigenvalue weighted by molar-refractivity contribution is 0.174. The lowest BCUT2D eigenvalue weighted by Crippen LogP contribution is -2.13. The summed E-state index contributed by atoms with van der Waals surface area (Å²) in [6.07, 6.45) is 4.66. The van der Waals surface area contributed by atoms with Crippen LogP contribution in [0.25, 0.3) is 0 Å². The molecule has 1 aliphatic heterocycles. The van der Waals surface area contributed by atoms with E-state index in [1.165, 1.54) is 0 Å². The Labute approximate surface area is 123 Å². The Hall–Kier alpha value is -2.27. The third-order valence-corrected chi connectivity index (χ3v) is 3.11. The summed E-state index contributed by atoms with van der Waals surface area (Å²) in [6.45, 7) is 4.19. The van der Waals surface area contributed by atoms with Gasteiger partial charge in [-0.15, -0.1) is 0 Å². The fraction of sp³-hybridized carbons (Fsp3) is 0.312. The van der Waals surface area contributed by atoms with Crippen molar-refractivity contribution in [3.05, 3.63) is 42.2 Å². The Bertz CT molecular complexity index is 616. The second-order valence-corrected chi connectivity index (χ2v) is 4.82. The summed E-state index contributed by atoms with van der Waals surface area (Å²) in [5.74, 6) is 2.88. The normalized spacial score (nSPS) is 12.4. The van der Waals surface area contributed by atoms with Gasteiger partial charge in [0.05, 0.1) is 6.20 Å². The molecule has 5 heteroatoms. The van der Waals surface area contributed by atoms with Crippen molar-refractivity contribution in [1.82, 2.24) is 10.3 Å². The second kappa shape index (κ2) is 6.45. The molecule has 1 N–H and O–H groups in total. The molecule has 0 amide bonds. The van der Waals surface area contributed by atoms with E-state index in [4.69, 9.17) is 14.2 Å². The number of fused-ring (bicyclic) bond motifs is 1. The van der Waals surface area contributed by atoms with Gasteiger partial charge in [0.15, 0.2) is 11.5 Å². The van der Waals surface area contributed by atoms with Gasteiger partial charge in [-0.05, 0) is 36.7 Å². The van der Waals surface area contributed by atoms with Gasteiger partial charge in [0.25, 0.3) is 0 Å². The van der Waals surface area contributed by atoms with Crippen LogP contribution in [0.5, 0.6) is 23.0 Å². The van der Waals surface area contributed by atoms with Gasteiger partial charge < -0.3 is 19.5 Å². The van der Waals surface area contributed by atoms with Gasteiger partial charge in [-0.25, -0.2) is 0 Å². The highest BCUT2D eigenvalue weighted by atomic mass is 16.7. The molecule has 2 heterocycles. The summed E-state index contributed by atoms with van der Waals surface area (Å²) >= 11 is 0. The number of aromatic nitrogens is 1. The molecular weight excluding hydrogens is 268 g/mol. The largest absolute Gasteiger partial charge is 0.456 e. The molecule has 0 radical (unpaired) electrons. The maximum absolute atomic E-state index is 5.82. The monoisotopic (exact) mass is 286 g/mol. The van der Waals surface area contributed by atoms with E-state index in [1.54, 1.807) is 6.20 Å². The number of benzene rings is 1. The van der Waals surface area contributed by atoms with E-state index >= 15 is 0 Å². The lowest BCUT2D eigenvalue weighted by Gasteiger charge is -2.08. The van der Waals surface area contributed by atoms with Crippen LogP contribution in [-0.2, 0) is 6.54 Å². The number of pyridine rings is 1. The lowest BCUT2D eigenvalue weighted by atomic mass is 10.2. The first kappa shape index (κ1) is 13.7. The molecule has 0 saturated carbocycles. The van der Waals surface area contributed by atoms with Crippen molar-refractivity contribution in [2.75, 3.05) is 13.3 Å². The summed E-state index contributed by atoms with van der Waals surface area (Å²) in [7, 11) is 0. The molecule has 5 nitrogen and oxygen atoms in total. The Morgan fingerprint density at radius 1 is 1.14 bits per heavy atom. The fourth-order valence-electron chi connectivity index (χ4n) is 2.10. The number of ether oxygens (including phenoxy) is 3. The minimum absolute atomic E-state index is 0.263. The molecule has 0 unspecified atom stereocenters. The minimum atomic E-state index is 0.263. The molecule has 21 heavy (non-hydrogen) atoms. The zero-order valence-corrected chi connectivity index (χ0v) is 12.0. The van der Waals surface area contributed by atoms with Crippen LogP contribution in [-0.4, -0.2) is 18.3 Å². The van der Waals surface area contributed by atoms with Crippen LogP contribution in [0.3, 0.4) is 0 Å². The predicted molar refractivity (Wildman–Crippen MR) is 78.9 cm³/mol. The molecule has 0 aliphatic carbocycles. The average molecular weight is 286 g/mol. The van der Waals surface area contributed by atoms with Gasteiger partial charge in [0.2, 0.25) is 6.79 Å². The van der Waals surface area contributed by atoms with Crippen LogP contribution in [0.15, 0.2) is 36.7 Å². The summed E-state index contributed by atoms with van der Waals surface area (Å²) in [6, 6.07) is 7.51. The predicted octanol–water partition coefficient (Wildman–Crippen LogP) is 3.10. The van der Waals surface area contributed by atoms with E-state index in [0.717, 1.165) is 30.8 Å². The number of hydrogen-bond donors (Lipinski definition) is 1. The van der Waals surface area contributed by atoms with Gasteiger partial charge in [-0.2, -0.15) is 0 Å². The van der Waals surface area contributed by atoms with Crippen molar-refractivity contribution >= 4 is 0 Å². The third kappa shape index (κ3) is 3.44. The van der Waals surface area contributed by atoms with E-state index in [-0.39, 0.29) is 6.79 Å². The molecule has 0 bridgehead atoms. The Kier molecular flexibility index (Phi) is 4.21. The number of rotatable bonds is 6. The first-order valence-corrected chi connectivity index (χ1v) is 7.07. The molecule has 2 aromatic rings. The van der Waals surface area contributed by atoms with Crippen molar-refractivity contribution in [3.63, 3.8) is 0 Å². The van der Waals surface area contributed by atoms with Crippen LogP contribution in [0.4, 0.5) is 0 Å². The fourth-order valence-corrected chi connectivity index (χ4v) is 2.10. The molecular formula is C16H18N2O3. The van der Waals surface area contributed by atoms with Crippen LogP contribution in [0.2, 0.25) is 0 Å². The van der Waals surface area contributed by atoms with E-state index in [0.29, 0.717) is 17.2 Å². The first-order valence-electron chi connectivity index (χ1n) is 7.07. The van der Waals surface area contributed by atoms with Crippen molar-refractivity contribution in [2.24, 2.45) is 0 Å². The summed E-state index contributed by atoms with van der Waals surface area (Å²) in [5.41, 5.74) is 1.10. The maximum atomic E-state index is 5.82.